The van der Waals surface area contributed by atoms with Crippen molar-refractivity contribution in [3.05, 3.63) is 35.5 Å². The predicted octanol–water partition coefficient (Wildman–Crippen LogP) is 3.02. The number of hydrogen-bond acceptors (Lipinski definition) is 4. The number of benzene rings is 1. The van der Waals surface area contributed by atoms with Crippen LogP contribution in [0.4, 0.5) is 4.39 Å². The minimum absolute atomic E-state index is 0.144. The first-order valence-corrected chi connectivity index (χ1v) is 6.27. The predicted molar refractivity (Wildman–Crippen MR) is 66.0 cm³/mol. The third-order valence-corrected chi connectivity index (χ3v) is 3.34. The van der Waals surface area contributed by atoms with Crippen LogP contribution in [-0.4, -0.2) is 15.9 Å². The van der Waals surface area contributed by atoms with Gasteiger partial charge in [-0.05, 0) is 43.5 Å². The van der Waals surface area contributed by atoms with E-state index in [1.807, 2.05) is 0 Å². The molecule has 98 valence electrons. The van der Waals surface area contributed by atoms with E-state index < -0.39 is 0 Å². The average molecular weight is 260 g/mol. The molecule has 1 fully saturated rings. The van der Waals surface area contributed by atoms with Crippen molar-refractivity contribution >= 4 is 5.78 Å². The van der Waals surface area contributed by atoms with Crippen LogP contribution in [0.2, 0.25) is 0 Å². The van der Waals surface area contributed by atoms with Gasteiger partial charge in [-0.3, -0.25) is 4.79 Å². The van der Waals surface area contributed by atoms with Crippen LogP contribution in [0.25, 0.3) is 11.4 Å². The average Bonchev–Trinajstić information content (AvgIpc) is 2.95. The van der Waals surface area contributed by atoms with E-state index in [1.54, 1.807) is 13.0 Å². The van der Waals surface area contributed by atoms with E-state index in [4.69, 9.17) is 4.52 Å². The lowest BCUT2D eigenvalue weighted by Crippen LogP contribution is -2.04. The summed E-state index contributed by atoms with van der Waals surface area (Å²) in [5.74, 6) is 0.205. The lowest BCUT2D eigenvalue weighted by atomic mass is 10.1. The minimum Gasteiger partial charge on any atom is -0.338 e. The van der Waals surface area contributed by atoms with Crippen molar-refractivity contribution in [3.8, 4) is 11.4 Å². The fraction of sp³-hybridized carbons (Fsp3) is 0.357. The van der Waals surface area contributed by atoms with E-state index in [0.29, 0.717) is 23.7 Å². The van der Waals surface area contributed by atoms with Crippen LogP contribution >= 0.6 is 0 Å². The molecule has 0 N–H and O–H groups in total. The van der Waals surface area contributed by atoms with Crippen molar-refractivity contribution in [3.63, 3.8) is 0 Å². The summed E-state index contributed by atoms with van der Waals surface area (Å²) in [4.78, 5) is 15.9. The van der Waals surface area contributed by atoms with Gasteiger partial charge in [-0.1, -0.05) is 5.16 Å². The molecule has 1 saturated carbocycles. The summed E-state index contributed by atoms with van der Waals surface area (Å²) in [6, 6.07) is 4.58. The second kappa shape index (κ2) is 4.57. The third kappa shape index (κ3) is 2.28. The zero-order valence-electron chi connectivity index (χ0n) is 10.5. The molecule has 0 radical (unpaired) electrons. The highest BCUT2D eigenvalue weighted by molar-refractivity contribution is 5.86. The lowest BCUT2D eigenvalue weighted by molar-refractivity contribution is -0.119. The normalized spacial score (nSPS) is 19.1. The molecule has 1 aromatic carbocycles. The van der Waals surface area contributed by atoms with Gasteiger partial charge in [0.1, 0.15) is 11.6 Å². The van der Waals surface area contributed by atoms with Gasteiger partial charge < -0.3 is 4.52 Å². The van der Waals surface area contributed by atoms with Gasteiger partial charge >= 0.3 is 0 Å². The number of nitrogens with zero attached hydrogens (tertiary/aromatic N) is 2. The molecular weight excluding hydrogens is 247 g/mol. The van der Waals surface area contributed by atoms with Crippen LogP contribution < -0.4 is 0 Å². The van der Waals surface area contributed by atoms with E-state index in [-0.39, 0.29) is 17.5 Å². The van der Waals surface area contributed by atoms with Crippen LogP contribution in [-0.2, 0) is 4.79 Å². The summed E-state index contributed by atoms with van der Waals surface area (Å²) < 4.78 is 18.5. The second-order valence-electron chi connectivity index (χ2n) is 4.88. The van der Waals surface area contributed by atoms with Crippen LogP contribution in [0.3, 0.4) is 0 Å². The van der Waals surface area contributed by atoms with Gasteiger partial charge in [0.25, 0.3) is 0 Å². The van der Waals surface area contributed by atoms with Crippen molar-refractivity contribution in [2.24, 2.45) is 0 Å². The van der Waals surface area contributed by atoms with E-state index in [1.165, 1.54) is 12.1 Å². The van der Waals surface area contributed by atoms with E-state index in [0.717, 1.165) is 18.4 Å². The Kier molecular flexibility index (Phi) is 2.89. The fourth-order valence-corrected chi connectivity index (χ4v) is 2.44. The summed E-state index contributed by atoms with van der Waals surface area (Å²) in [7, 11) is 0. The van der Waals surface area contributed by atoms with E-state index >= 15 is 0 Å². The first-order chi connectivity index (χ1) is 9.13. The number of halogens is 1. The largest absolute Gasteiger partial charge is 0.338 e. The first-order valence-electron chi connectivity index (χ1n) is 6.27. The van der Waals surface area contributed by atoms with Crippen molar-refractivity contribution in [2.45, 2.75) is 32.1 Å². The molecule has 1 aliphatic carbocycles. The number of rotatable bonds is 2. The summed E-state index contributed by atoms with van der Waals surface area (Å²) in [5.41, 5.74) is 1.36. The van der Waals surface area contributed by atoms with Crippen LogP contribution in [0.5, 0.6) is 0 Å². The Morgan fingerprint density at radius 2 is 2.21 bits per heavy atom. The number of hydrogen-bond donors (Lipinski definition) is 0. The van der Waals surface area contributed by atoms with Gasteiger partial charge in [0.15, 0.2) is 0 Å². The highest BCUT2D eigenvalue weighted by Gasteiger charge is 2.31. The minimum atomic E-state index is -0.335. The van der Waals surface area contributed by atoms with Crippen LogP contribution in [0.1, 0.15) is 36.6 Å². The van der Waals surface area contributed by atoms with Gasteiger partial charge in [0.05, 0.1) is 5.92 Å². The third-order valence-electron chi connectivity index (χ3n) is 3.34. The fourth-order valence-electron chi connectivity index (χ4n) is 2.44. The Bertz CT molecular complexity index is 616. The molecule has 1 aromatic heterocycles. The number of ketones is 1. The Balaban J connectivity index is 1.94. The Morgan fingerprint density at radius 1 is 1.37 bits per heavy atom. The Labute approximate surface area is 109 Å². The summed E-state index contributed by atoms with van der Waals surface area (Å²) in [5, 5.41) is 3.84. The van der Waals surface area contributed by atoms with Gasteiger partial charge in [0.2, 0.25) is 11.7 Å². The highest BCUT2D eigenvalue weighted by atomic mass is 19.1. The zero-order chi connectivity index (χ0) is 13.4. The first kappa shape index (κ1) is 12.0. The van der Waals surface area contributed by atoms with Gasteiger partial charge in [0, 0.05) is 12.0 Å². The molecule has 0 aliphatic heterocycles. The maximum Gasteiger partial charge on any atom is 0.237 e. The molecule has 1 atom stereocenters. The van der Waals surface area contributed by atoms with Gasteiger partial charge in [-0.2, -0.15) is 4.98 Å². The number of carbonyl (C=O) groups is 1. The van der Waals surface area contributed by atoms with E-state index in [9.17, 15) is 9.18 Å². The smallest absolute Gasteiger partial charge is 0.237 e. The van der Waals surface area contributed by atoms with Crippen molar-refractivity contribution in [1.82, 2.24) is 10.1 Å². The lowest BCUT2D eigenvalue weighted by Gasteiger charge is -1.99. The van der Waals surface area contributed by atoms with Crippen molar-refractivity contribution in [2.75, 3.05) is 0 Å². The Morgan fingerprint density at radius 3 is 2.89 bits per heavy atom. The molecule has 2 aromatic rings. The number of carbonyl (C=O) groups excluding carboxylic acids is 1. The quantitative estimate of drug-likeness (QED) is 0.832. The summed E-state index contributed by atoms with van der Waals surface area (Å²) in [6.45, 7) is 1.80. The molecule has 4 nitrogen and oxygen atoms in total. The molecular formula is C14H13FN2O2. The Hall–Kier alpha value is -2.04. The monoisotopic (exact) mass is 260 g/mol. The zero-order valence-corrected chi connectivity index (χ0v) is 10.5. The molecule has 1 heterocycles. The molecule has 0 saturated heterocycles. The van der Waals surface area contributed by atoms with E-state index in [2.05, 4.69) is 10.1 Å². The topological polar surface area (TPSA) is 56.0 Å². The number of aryl methyl sites for hydroxylation is 1. The molecule has 1 unspecified atom stereocenters. The molecule has 19 heavy (non-hydrogen) atoms. The summed E-state index contributed by atoms with van der Waals surface area (Å²) in [6.07, 6.45) is 2.18. The molecule has 0 bridgehead atoms. The second-order valence-corrected chi connectivity index (χ2v) is 4.88. The maximum absolute atomic E-state index is 13.3. The SMILES string of the molecule is Cc1cc(F)cc(-c2noc(C3CCCC3=O)n2)c1. The molecule has 0 amide bonds. The number of Topliss-reactive ketones (excluding diaryl/α,β-unsaturated/α-hetero) is 1. The molecule has 1 aliphatic rings. The highest BCUT2D eigenvalue weighted by Crippen LogP contribution is 2.31. The van der Waals surface area contributed by atoms with Crippen molar-refractivity contribution in [1.29, 1.82) is 0 Å². The standard InChI is InChI=1S/C14H13FN2O2/c1-8-5-9(7-10(15)6-8)13-16-14(19-17-13)11-3-2-4-12(11)18/h5-7,11H,2-4H2,1H3. The molecule has 5 heteroatoms. The van der Waals surface area contributed by atoms with Crippen LogP contribution in [0, 0.1) is 12.7 Å². The van der Waals surface area contributed by atoms with Gasteiger partial charge in [-0.15, -0.1) is 0 Å². The molecule has 0 spiro atoms. The van der Waals surface area contributed by atoms with Gasteiger partial charge in [-0.25, -0.2) is 4.39 Å². The maximum atomic E-state index is 13.3. The molecule has 3 rings (SSSR count). The van der Waals surface area contributed by atoms with Crippen molar-refractivity contribution < 1.29 is 13.7 Å². The number of aromatic nitrogens is 2. The van der Waals surface area contributed by atoms with Crippen LogP contribution in [0.15, 0.2) is 22.7 Å². The summed E-state index contributed by atoms with van der Waals surface area (Å²) >= 11 is 0.